The van der Waals surface area contributed by atoms with Crippen molar-refractivity contribution in [2.24, 2.45) is 7.05 Å². The van der Waals surface area contributed by atoms with Crippen LogP contribution in [0.1, 0.15) is 30.3 Å². The highest BCUT2D eigenvalue weighted by Crippen LogP contribution is 2.32. The van der Waals surface area contributed by atoms with Crippen LogP contribution in [0, 0.1) is 0 Å². The number of rotatable bonds is 4. The quantitative estimate of drug-likeness (QED) is 0.741. The van der Waals surface area contributed by atoms with Crippen LogP contribution in [0.5, 0.6) is 0 Å². The smallest absolute Gasteiger partial charge is 0.247 e. The fraction of sp³-hybridized carbons (Fsp3) is 0.353. The summed E-state index contributed by atoms with van der Waals surface area (Å²) in [4.78, 5) is 2.39. The molecule has 118 valence electrons. The molecule has 4 rings (SSSR count). The van der Waals surface area contributed by atoms with Crippen molar-refractivity contribution in [1.29, 1.82) is 0 Å². The number of benzene rings is 1. The lowest BCUT2D eigenvalue weighted by atomic mass is 10.1. The maximum absolute atomic E-state index is 5.84. The van der Waals surface area contributed by atoms with Gasteiger partial charge in [-0.3, -0.25) is 9.58 Å². The molecule has 3 aromatic rings. The number of aromatic nitrogens is 4. The molecule has 1 aliphatic heterocycles. The summed E-state index contributed by atoms with van der Waals surface area (Å²) in [7, 11) is 1.95. The van der Waals surface area contributed by atoms with Gasteiger partial charge in [-0.15, -0.1) is 10.2 Å². The predicted octanol–water partition coefficient (Wildman–Crippen LogP) is 2.81. The van der Waals surface area contributed by atoms with E-state index in [0.29, 0.717) is 24.4 Å². The van der Waals surface area contributed by atoms with E-state index in [1.54, 1.807) is 0 Å². The fourth-order valence-corrected chi connectivity index (χ4v) is 3.19. The molecule has 1 fully saturated rings. The monoisotopic (exact) mass is 309 g/mol. The molecule has 0 N–H and O–H groups in total. The van der Waals surface area contributed by atoms with Crippen LogP contribution in [-0.4, -0.2) is 31.4 Å². The molecule has 0 saturated carbocycles. The Kier molecular flexibility index (Phi) is 3.67. The van der Waals surface area contributed by atoms with Crippen LogP contribution in [-0.2, 0) is 13.6 Å². The molecule has 23 heavy (non-hydrogen) atoms. The van der Waals surface area contributed by atoms with E-state index in [1.165, 1.54) is 12.0 Å². The zero-order valence-electron chi connectivity index (χ0n) is 13.1. The Morgan fingerprint density at radius 1 is 1.22 bits per heavy atom. The second kappa shape index (κ2) is 5.96. The average Bonchev–Trinajstić information content (AvgIpc) is 3.29. The third-order valence-corrected chi connectivity index (χ3v) is 4.30. The van der Waals surface area contributed by atoms with E-state index in [2.05, 4.69) is 26.4 Å². The van der Waals surface area contributed by atoms with Gasteiger partial charge < -0.3 is 4.42 Å². The van der Waals surface area contributed by atoms with E-state index in [9.17, 15) is 0 Å². The largest absolute Gasteiger partial charge is 0.419 e. The first kappa shape index (κ1) is 14.1. The molecule has 6 nitrogen and oxygen atoms in total. The van der Waals surface area contributed by atoms with Gasteiger partial charge in [0.1, 0.15) is 0 Å². The van der Waals surface area contributed by atoms with Crippen LogP contribution in [0.25, 0.3) is 11.5 Å². The van der Waals surface area contributed by atoms with Crippen LogP contribution < -0.4 is 0 Å². The summed E-state index contributed by atoms with van der Waals surface area (Å²) in [5.74, 6) is 1.25. The lowest BCUT2D eigenvalue weighted by Gasteiger charge is -2.21. The van der Waals surface area contributed by atoms with Gasteiger partial charge in [0.2, 0.25) is 11.8 Å². The molecule has 0 aliphatic carbocycles. The van der Waals surface area contributed by atoms with Gasteiger partial charge in [0.15, 0.2) is 0 Å². The molecule has 6 heteroatoms. The first-order valence-electron chi connectivity index (χ1n) is 7.90. The van der Waals surface area contributed by atoms with Crippen molar-refractivity contribution in [3.63, 3.8) is 0 Å². The van der Waals surface area contributed by atoms with Crippen molar-refractivity contribution in [2.75, 3.05) is 6.54 Å². The van der Waals surface area contributed by atoms with Gasteiger partial charge in [0.25, 0.3) is 0 Å². The van der Waals surface area contributed by atoms with Crippen molar-refractivity contribution in [3.8, 4) is 11.5 Å². The average molecular weight is 309 g/mol. The van der Waals surface area contributed by atoms with Crippen LogP contribution in [0.2, 0.25) is 0 Å². The maximum atomic E-state index is 5.84. The summed E-state index contributed by atoms with van der Waals surface area (Å²) >= 11 is 0. The SMILES string of the molecule is Cn1cc(C2CCCN2Cc2nnc(-c3ccccc3)o2)cn1. The van der Waals surface area contributed by atoms with Gasteiger partial charge in [0.05, 0.1) is 12.7 Å². The second-order valence-corrected chi connectivity index (χ2v) is 5.94. The highest BCUT2D eigenvalue weighted by atomic mass is 16.4. The zero-order valence-corrected chi connectivity index (χ0v) is 13.1. The first-order chi connectivity index (χ1) is 11.3. The molecule has 1 atom stereocenters. The minimum Gasteiger partial charge on any atom is -0.419 e. The number of nitrogens with zero attached hydrogens (tertiary/aromatic N) is 5. The summed E-state index contributed by atoms with van der Waals surface area (Å²) < 4.78 is 7.69. The molecule has 0 amide bonds. The van der Waals surface area contributed by atoms with E-state index < -0.39 is 0 Å². The topological polar surface area (TPSA) is 60.0 Å². The zero-order chi connectivity index (χ0) is 15.6. The minimum absolute atomic E-state index is 0.385. The predicted molar refractivity (Wildman–Crippen MR) is 85.3 cm³/mol. The lowest BCUT2D eigenvalue weighted by molar-refractivity contribution is 0.224. The van der Waals surface area contributed by atoms with Crippen molar-refractivity contribution in [2.45, 2.75) is 25.4 Å². The maximum Gasteiger partial charge on any atom is 0.247 e. The summed E-state index contributed by atoms with van der Waals surface area (Å²) in [6, 6.07) is 10.3. The standard InChI is InChI=1S/C17H19N5O/c1-21-11-14(10-18-21)15-8-5-9-22(15)12-16-19-20-17(23-16)13-6-3-2-4-7-13/h2-4,6-7,10-11,15H,5,8-9,12H2,1H3. The highest BCUT2D eigenvalue weighted by molar-refractivity contribution is 5.51. The second-order valence-electron chi connectivity index (χ2n) is 5.94. The molecule has 1 aliphatic rings. The Labute approximate surface area is 134 Å². The van der Waals surface area contributed by atoms with Gasteiger partial charge in [-0.05, 0) is 31.5 Å². The van der Waals surface area contributed by atoms with Crippen LogP contribution >= 0.6 is 0 Å². The van der Waals surface area contributed by atoms with Gasteiger partial charge in [-0.1, -0.05) is 18.2 Å². The van der Waals surface area contributed by atoms with E-state index in [1.807, 2.05) is 48.3 Å². The van der Waals surface area contributed by atoms with Crippen LogP contribution in [0.15, 0.2) is 47.1 Å². The summed E-state index contributed by atoms with van der Waals surface area (Å²) in [6.45, 7) is 1.72. The molecular formula is C17H19N5O. The van der Waals surface area contributed by atoms with Gasteiger partial charge in [0, 0.05) is 30.4 Å². The number of likely N-dealkylation sites (tertiary alicyclic amines) is 1. The van der Waals surface area contributed by atoms with Gasteiger partial charge >= 0.3 is 0 Å². The summed E-state index contributed by atoms with van der Waals surface area (Å²) in [5, 5.41) is 12.7. The molecule has 1 saturated heterocycles. The molecule has 1 aromatic carbocycles. The van der Waals surface area contributed by atoms with E-state index in [4.69, 9.17) is 4.42 Å². The van der Waals surface area contributed by atoms with Crippen molar-refractivity contribution < 1.29 is 4.42 Å². The van der Waals surface area contributed by atoms with Gasteiger partial charge in [-0.25, -0.2) is 0 Å². The van der Waals surface area contributed by atoms with Crippen molar-refractivity contribution in [3.05, 3.63) is 54.2 Å². The van der Waals surface area contributed by atoms with Crippen LogP contribution in [0.4, 0.5) is 0 Å². The fourth-order valence-electron chi connectivity index (χ4n) is 3.19. The molecule has 1 unspecified atom stereocenters. The number of aryl methyl sites for hydroxylation is 1. The Bertz CT molecular complexity index is 779. The van der Waals surface area contributed by atoms with Crippen molar-refractivity contribution in [1.82, 2.24) is 24.9 Å². The Morgan fingerprint density at radius 2 is 2.09 bits per heavy atom. The third-order valence-electron chi connectivity index (χ3n) is 4.30. The molecular weight excluding hydrogens is 290 g/mol. The molecule has 0 bridgehead atoms. The van der Waals surface area contributed by atoms with Crippen molar-refractivity contribution >= 4 is 0 Å². The number of hydrogen-bond donors (Lipinski definition) is 0. The Hall–Kier alpha value is -2.47. The number of hydrogen-bond acceptors (Lipinski definition) is 5. The molecule has 3 heterocycles. The van der Waals surface area contributed by atoms with E-state index in [-0.39, 0.29) is 0 Å². The van der Waals surface area contributed by atoms with Crippen LogP contribution in [0.3, 0.4) is 0 Å². The van der Waals surface area contributed by atoms with E-state index >= 15 is 0 Å². The van der Waals surface area contributed by atoms with E-state index in [0.717, 1.165) is 18.5 Å². The minimum atomic E-state index is 0.385. The normalized spacial score (nSPS) is 18.6. The molecule has 0 spiro atoms. The first-order valence-corrected chi connectivity index (χ1v) is 7.90. The highest BCUT2D eigenvalue weighted by Gasteiger charge is 2.28. The third kappa shape index (κ3) is 2.90. The molecule has 0 radical (unpaired) electrons. The Balaban J connectivity index is 1.50. The summed E-state index contributed by atoms with van der Waals surface area (Å²) in [6.07, 6.45) is 6.36. The van der Waals surface area contributed by atoms with Gasteiger partial charge in [-0.2, -0.15) is 5.10 Å². The summed E-state index contributed by atoms with van der Waals surface area (Å²) in [5.41, 5.74) is 2.21. The lowest BCUT2D eigenvalue weighted by Crippen LogP contribution is -2.22. The Morgan fingerprint density at radius 3 is 2.87 bits per heavy atom. The molecule has 2 aromatic heterocycles.